The predicted octanol–water partition coefficient (Wildman–Crippen LogP) is 0.136. The first kappa shape index (κ1) is 11.5. The van der Waals surface area contributed by atoms with Gasteiger partial charge in [-0.1, -0.05) is 6.92 Å². The molecule has 0 aliphatic carbocycles. The van der Waals surface area contributed by atoms with Crippen LogP contribution in [0.3, 0.4) is 0 Å². The first-order chi connectivity index (χ1) is 6.65. The van der Waals surface area contributed by atoms with E-state index < -0.39 is 0 Å². The standard InChI is InChI=1S/C10H20N2O2/c1-7(6-11-3)10(13)12-9-4-5-14-8(9)2/h7-9,11H,4-6H2,1-3H3,(H,12,13). The lowest BCUT2D eigenvalue weighted by molar-refractivity contribution is -0.125. The van der Waals surface area contributed by atoms with E-state index in [2.05, 4.69) is 10.6 Å². The van der Waals surface area contributed by atoms with E-state index in [1.807, 2.05) is 20.9 Å². The van der Waals surface area contributed by atoms with Crippen LogP contribution in [0.15, 0.2) is 0 Å². The number of nitrogens with one attached hydrogen (secondary N) is 2. The smallest absolute Gasteiger partial charge is 0.224 e. The van der Waals surface area contributed by atoms with Crippen LogP contribution in [0.2, 0.25) is 0 Å². The number of rotatable bonds is 4. The summed E-state index contributed by atoms with van der Waals surface area (Å²) in [6.45, 7) is 5.40. The van der Waals surface area contributed by atoms with E-state index >= 15 is 0 Å². The van der Waals surface area contributed by atoms with Crippen LogP contribution < -0.4 is 10.6 Å². The second-order valence-corrected chi connectivity index (χ2v) is 3.94. The molecule has 1 amide bonds. The highest BCUT2D eigenvalue weighted by Crippen LogP contribution is 2.12. The fourth-order valence-corrected chi connectivity index (χ4v) is 1.65. The second-order valence-electron chi connectivity index (χ2n) is 3.94. The van der Waals surface area contributed by atoms with Crippen LogP contribution >= 0.6 is 0 Å². The quantitative estimate of drug-likeness (QED) is 0.678. The van der Waals surface area contributed by atoms with Crippen molar-refractivity contribution < 1.29 is 9.53 Å². The maximum Gasteiger partial charge on any atom is 0.224 e. The number of carbonyl (C=O) groups is 1. The molecule has 1 aliphatic rings. The van der Waals surface area contributed by atoms with Crippen molar-refractivity contribution >= 4 is 5.91 Å². The van der Waals surface area contributed by atoms with Crippen molar-refractivity contribution in [2.45, 2.75) is 32.4 Å². The van der Waals surface area contributed by atoms with Crippen molar-refractivity contribution in [3.8, 4) is 0 Å². The third-order valence-corrected chi connectivity index (χ3v) is 2.66. The zero-order valence-corrected chi connectivity index (χ0v) is 9.17. The van der Waals surface area contributed by atoms with Crippen molar-refractivity contribution in [1.82, 2.24) is 10.6 Å². The molecule has 3 unspecified atom stereocenters. The Bertz CT molecular complexity index is 197. The molecule has 0 radical (unpaired) electrons. The average molecular weight is 200 g/mol. The van der Waals surface area contributed by atoms with Crippen molar-refractivity contribution in [1.29, 1.82) is 0 Å². The van der Waals surface area contributed by atoms with Crippen molar-refractivity contribution in [2.24, 2.45) is 5.92 Å². The Morgan fingerprint density at radius 2 is 2.36 bits per heavy atom. The van der Waals surface area contributed by atoms with Gasteiger partial charge in [-0.05, 0) is 20.4 Å². The normalized spacial score (nSPS) is 28.8. The number of hydrogen-bond donors (Lipinski definition) is 2. The molecule has 0 aromatic carbocycles. The molecule has 0 aromatic rings. The highest BCUT2D eigenvalue weighted by molar-refractivity contribution is 5.78. The fraction of sp³-hybridized carbons (Fsp3) is 0.900. The van der Waals surface area contributed by atoms with Crippen LogP contribution in [-0.4, -0.2) is 38.3 Å². The molecule has 2 N–H and O–H groups in total. The van der Waals surface area contributed by atoms with E-state index in [0.29, 0.717) is 6.54 Å². The van der Waals surface area contributed by atoms with Gasteiger partial charge < -0.3 is 15.4 Å². The zero-order valence-electron chi connectivity index (χ0n) is 9.17. The Labute approximate surface area is 85.4 Å². The van der Waals surface area contributed by atoms with Gasteiger partial charge in [-0.2, -0.15) is 0 Å². The van der Waals surface area contributed by atoms with Crippen LogP contribution in [0, 0.1) is 5.92 Å². The van der Waals surface area contributed by atoms with E-state index in [1.165, 1.54) is 0 Å². The van der Waals surface area contributed by atoms with Crippen molar-refractivity contribution in [3.05, 3.63) is 0 Å². The molecule has 0 spiro atoms. The topological polar surface area (TPSA) is 50.4 Å². The highest BCUT2D eigenvalue weighted by Gasteiger charge is 2.26. The summed E-state index contributed by atoms with van der Waals surface area (Å²) in [5.74, 6) is 0.134. The maximum absolute atomic E-state index is 11.6. The van der Waals surface area contributed by atoms with E-state index in [4.69, 9.17) is 4.74 Å². The van der Waals surface area contributed by atoms with E-state index in [-0.39, 0.29) is 24.0 Å². The first-order valence-corrected chi connectivity index (χ1v) is 5.21. The highest BCUT2D eigenvalue weighted by atomic mass is 16.5. The summed E-state index contributed by atoms with van der Waals surface area (Å²) in [6, 6.07) is 0.196. The van der Waals surface area contributed by atoms with Gasteiger partial charge in [-0.25, -0.2) is 0 Å². The largest absolute Gasteiger partial charge is 0.376 e. The number of amides is 1. The zero-order chi connectivity index (χ0) is 10.6. The minimum absolute atomic E-state index is 0.0211. The van der Waals surface area contributed by atoms with Crippen molar-refractivity contribution in [2.75, 3.05) is 20.2 Å². The average Bonchev–Trinajstić information content (AvgIpc) is 2.52. The lowest BCUT2D eigenvalue weighted by atomic mass is 10.1. The van der Waals surface area contributed by atoms with Gasteiger partial charge in [0.15, 0.2) is 0 Å². The molecule has 1 heterocycles. The number of ether oxygens (including phenoxy) is 1. The van der Waals surface area contributed by atoms with Gasteiger partial charge in [0.05, 0.1) is 12.1 Å². The molecule has 0 aromatic heterocycles. The molecule has 0 saturated carbocycles. The Kier molecular flexibility index (Phi) is 4.35. The van der Waals surface area contributed by atoms with Gasteiger partial charge in [0.1, 0.15) is 0 Å². The number of hydrogen-bond acceptors (Lipinski definition) is 3. The summed E-state index contributed by atoms with van der Waals surface area (Å²) in [5, 5.41) is 6.00. The molecular formula is C10H20N2O2. The second kappa shape index (κ2) is 5.32. The maximum atomic E-state index is 11.6. The summed E-state index contributed by atoms with van der Waals surface area (Å²) >= 11 is 0. The molecule has 1 rings (SSSR count). The summed E-state index contributed by atoms with van der Waals surface area (Å²) in [5.41, 5.74) is 0. The minimum atomic E-state index is 0.0211. The van der Waals surface area contributed by atoms with Crippen LogP contribution in [0.4, 0.5) is 0 Å². The molecule has 4 nitrogen and oxygen atoms in total. The predicted molar refractivity (Wildman–Crippen MR) is 55.1 cm³/mol. The molecule has 1 saturated heterocycles. The van der Waals surface area contributed by atoms with E-state index in [1.54, 1.807) is 0 Å². The van der Waals surface area contributed by atoms with Gasteiger partial charge in [0.25, 0.3) is 0 Å². The lowest BCUT2D eigenvalue weighted by Gasteiger charge is -2.18. The fourth-order valence-electron chi connectivity index (χ4n) is 1.65. The minimum Gasteiger partial charge on any atom is -0.376 e. The SMILES string of the molecule is CNCC(C)C(=O)NC1CCOC1C. The van der Waals surface area contributed by atoms with Gasteiger partial charge >= 0.3 is 0 Å². The number of carbonyl (C=O) groups excluding carboxylic acids is 1. The Morgan fingerprint density at radius 3 is 2.86 bits per heavy atom. The third-order valence-electron chi connectivity index (χ3n) is 2.66. The molecular weight excluding hydrogens is 180 g/mol. The molecule has 14 heavy (non-hydrogen) atoms. The monoisotopic (exact) mass is 200 g/mol. The summed E-state index contributed by atoms with van der Waals surface area (Å²) < 4.78 is 5.38. The van der Waals surface area contributed by atoms with Crippen LogP contribution in [0.5, 0.6) is 0 Å². The molecule has 82 valence electrons. The van der Waals surface area contributed by atoms with Gasteiger partial charge in [0, 0.05) is 19.1 Å². The van der Waals surface area contributed by atoms with Crippen molar-refractivity contribution in [3.63, 3.8) is 0 Å². The summed E-state index contributed by atoms with van der Waals surface area (Å²) in [6.07, 6.45) is 1.08. The van der Waals surface area contributed by atoms with E-state index in [0.717, 1.165) is 13.0 Å². The molecule has 3 atom stereocenters. The van der Waals surface area contributed by atoms with Crippen LogP contribution in [0.25, 0.3) is 0 Å². The Balaban J connectivity index is 2.32. The molecule has 1 fully saturated rings. The Hall–Kier alpha value is -0.610. The molecule has 0 bridgehead atoms. The molecule has 4 heteroatoms. The van der Waals surface area contributed by atoms with E-state index in [9.17, 15) is 4.79 Å². The van der Waals surface area contributed by atoms with Gasteiger partial charge in [-0.3, -0.25) is 4.79 Å². The van der Waals surface area contributed by atoms with Crippen LogP contribution in [-0.2, 0) is 9.53 Å². The summed E-state index contributed by atoms with van der Waals surface area (Å²) in [4.78, 5) is 11.6. The summed E-state index contributed by atoms with van der Waals surface area (Å²) in [7, 11) is 1.85. The lowest BCUT2D eigenvalue weighted by Crippen LogP contribution is -2.43. The third kappa shape index (κ3) is 2.96. The Morgan fingerprint density at radius 1 is 1.64 bits per heavy atom. The van der Waals surface area contributed by atoms with Crippen LogP contribution in [0.1, 0.15) is 20.3 Å². The first-order valence-electron chi connectivity index (χ1n) is 5.21. The van der Waals surface area contributed by atoms with Gasteiger partial charge in [0.2, 0.25) is 5.91 Å². The molecule has 1 aliphatic heterocycles. The van der Waals surface area contributed by atoms with Gasteiger partial charge in [-0.15, -0.1) is 0 Å².